The number of nitrogens with zero attached hydrogens (tertiary/aromatic N) is 1. The number of imidazole rings is 1. The Balaban J connectivity index is 2.32. The molecule has 0 radical (unpaired) electrons. The van der Waals surface area contributed by atoms with Crippen LogP contribution in [-0.4, -0.2) is 23.6 Å². The maximum absolute atomic E-state index is 5.65. The molecule has 0 amide bonds. The summed E-state index contributed by atoms with van der Waals surface area (Å²) in [5.74, 6) is 1.47. The zero-order chi connectivity index (χ0) is 13.1. The number of nitrogens with two attached hydrogens (primary N) is 1. The Morgan fingerprint density at radius 3 is 2.89 bits per heavy atom. The van der Waals surface area contributed by atoms with E-state index in [1.807, 2.05) is 14.0 Å². The number of hydrogen-bond acceptors (Lipinski definition) is 3. The van der Waals surface area contributed by atoms with Gasteiger partial charge in [-0.3, -0.25) is 0 Å². The molecular formula is C14H22N4. The largest absolute Gasteiger partial charge is 0.342 e. The summed E-state index contributed by atoms with van der Waals surface area (Å²) in [5, 5.41) is 3.38. The lowest BCUT2D eigenvalue weighted by Gasteiger charge is -2.23. The van der Waals surface area contributed by atoms with Gasteiger partial charge < -0.3 is 16.0 Å². The Kier molecular flexibility index (Phi) is 3.99. The Hall–Kier alpha value is -1.39. The van der Waals surface area contributed by atoms with Crippen molar-refractivity contribution in [1.29, 1.82) is 0 Å². The van der Waals surface area contributed by atoms with Crippen LogP contribution in [0.3, 0.4) is 0 Å². The van der Waals surface area contributed by atoms with Crippen molar-refractivity contribution < 1.29 is 0 Å². The van der Waals surface area contributed by atoms with Crippen LogP contribution in [0.4, 0.5) is 0 Å². The normalized spacial score (nSPS) is 14.9. The quantitative estimate of drug-likeness (QED) is 0.757. The average Bonchev–Trinajstić information content (AvgIpc) is 2.69. The van der Waals surface area contributed by atoms with E-state index in [9.17, 15) is 0 Å². The number of nitrogens with one attached hydrogen (secondary N) is 2. The topological polar surface area (TPSA) is 66.7 Å². The van der Waals surface area contributed by atoms with E-state index in [0.29, 0.717) is 12.0 Å². The summed E-state index contributed by atoms with van der Waals surface area (Å²) < 4.78 is 0. The molecule has 0 aliphatic heterocycles. The fourth-order valence-corrected chi connectivity index (χ4v) is 2.56. The van der Waals surface area contributed by atoms with Gasteiger partial charge in [-0.2, -0.15) is 0 Å². The summed E-state index contributed by atoms with van der Waals surface area (Å²) in [7, 11) is 2.00. The number of fused-ring (bicyclic) bond motifs is 1. The second kappa shape index (κ2) is 5.50. The molecule has 4 N–H and O–H groups in total. The molecule has 4 nitrogen and oxygen atoms in total. The Bertz CT molecular complexity index is 517. The van der Waals surface area contributed by atoms with E-state index in [1.54, 1.807) is 0 Å². The van der Waals surface area contributed by atoms with Gasteiger partial charge in [0.25, 0.3) is 0 Å². The standard InChI is InChI=1S/C14H22N4/c1-9(6-7-15)14(16-3)11-4-5-12-13(8-11)18-10(2)17-12/h4-5,8-9,14,16H,6-7,15H2,1-3H3,(H,17,18). The van der Waals surface area contributed by atoms with Gasteiger partial charge in [0.1, 0.15) is 5.82 Å². The number of aromatic nitrogens is 2. The highest BCUT2D eigenvalue weighted by Crippen LogP contribution is 2.26. The van der Waals surface area contributed by atoms with Crippen LogP contribution < -0.4 is 11.1 Å². The van der Waals surface area contributed by atoms with Gasteiger partial charge in [0.2, 0.25) is 0 Å². The minimum atomic E-state index is 0.335. The third-order valence-electron chi connectivity index (χ3n) is 3.49. The minimum absolute atomic E-state index is 0.335. The summed E-state index contributed by atoms with van der Waals surface area (Å²) in [6.07, 6.45) is 1.02. The molecule has 0 saturated carbocycles. The van der Waals surface area contributed by atoms with Crippen LogP contribution >= 0.6 is 0 Å². The van der Waals surface area contributed by atoms with Crippen molar-refractivity contribution in [2.75, 3.05) is 13.6 Å². The van der Waals surface area contributed by atoms with Crippen LogP contribution in [0.5, 0.6) is 0 Å². The summed E-state index contributed by atoms with van der Waals surface area (Å²) in [4.78, 5) is 7.71. The first-order valence-electron chi connectivity index (χ1n) is 6.49. The highest BCUT2D eigenvalue weighted by molar-refractivity contribution is 5.76. The number of H-pyrrole nitrogens is 1. The highest BCUT2D eigenvalue weighted by Gasteiger charge is 2.17. The number of benzene rings is 1. The third-order valence-corrected chi connectivity index (χ3v) is 3.49. The average molecular weight is 246 g/mol. The first-order chi connectivity index (χ1) is 8.65. The van der Waals surface area contributed by atoms with Gasteiger partial charge >= 0.3 is 0 Å². The molecular weight excluding hydrogens is 224 g/mol. The van der Waals surface area contributed by atoms with E-state index in [-0.39, 0.29) is 0 Å². The lowest BCUT2D eigenvalue weighted by Crippen LogP contribution is -2.25. The van der Waals surface area contributed by atoms with Crippen LogP contribution in [0.1, 0.15) is 30.8 Å². The van der Waals surface area contributed by atoms with Gasteiger partial charge in [-0.05, 0) is 50.6 Å². The fraction of sp³-hybridized carbons (Fsp3) is 0.500. The predicted octanol–water partition coefficient (Wildman–Crippen LogP) is 2.12. The van der Waals surface area contributed by atoms with E-state index >= 15 is 0 Å². The lowest BCUT2D eigenvalue weighted by atomic mass is 9.92. The number of aromatic amines is 1. The second-order valence-corrected chi connectivity index (χ2v) is 4.92. The third kappa shape index (κ3) is 2.54. The molecule has 0 fully saturated rings. The van der Waals surface area contributed by atoms with Crippen LogP contribution in [0, 0.1) is 12.8 Å². The smallest absolute Gasteiger partial charge is 0.104 e. The SMILES string of the molecule is CNC(c1ccc2nc(C)[nH]c2c1)C(C)CCN. The Labute approximate surface area is 108 Å². The molecule has 98 valence electrons. The molecule has 1 heterocycles. The fourth-order valence-electron chi connectivity index (χ4n) is 2.56. The Morgan fingerprint density at radius 1 is 1.44 bits per heavy atom. The van der Waals surface area contributed by atoms with Crippen molar-refractivity contribution in [3.05, 3.63) is 29.6 Å². The first kappa shape index (κ1) is 13.1. The van der Waals surface area contributed by atoms with Gasteiger partial charge in [0, 0.05) is 6.04 Å². The molecule has 0 bridgehead atoms. The van der Waals surface area contributed by atoms with Crippen molar-refractivity contribution in [3.63, 3.8) is 0 Å². The Morgan fingerprint density at radius 2 is 2.22 bits per heavy atom. The van der Waals surface area contributed by atoms with Crippen LogP contribution in [-0.2, 0) is 0 Å². The molecule has 0 aliphatic rings. The van der Waals surface area contributed by atoms with Crippen molar-refractivity contribution in [2.24, 2.45) is 11.7 Å². The monoisotopic (exact) mass is 246 g/mol. The lowest BCUT2D eigenvalue weighted by molar-refractivity contribution is 0.392. The van der Waals surface area contributed by atoms with Crippen LogP contribution in [0.15, 0.2) is 18.2 Å². The van der Waals surface area contributed by atoms with Gasteiger partial charge in [0.15, 0.2) is 0 Å². The van der Waals surface area contributed by atoms with E-state index in [4.69, 9.17) is 5.73 Å². The number of rotatable bonds is 5. The molecule has 2 rings (SSSR count). The molecule has 2 unspecified atom stereocenters. The van der Waals surface area contributed by atoms with Crippen molar-refractivity contribution in [1.82, 2.24) is 15.3 Å². The van der Waals surface area contributed by atoms with Crippen molar-refractivity contribution >= 4 is 11.0 Å². The molecule has 18 heavy (non-hydrogen) atoms. The van der Waals surface area contributed by atoms with Crippen LogP contribution in [0.2, 0.25) is 0 Å². The molecule has 2 aromatic rings. The van der Waals surface area contributed by atoms with Crippen molar-refractivity contribution in [2.45, 2.75) is 26.3 Å². The molecule has 1 aromatic heterocycles. The molecule has 1 aromatic carbocycles. The first-order valence-corrected chi connectivity index (χ1v) is 6.49. The summed E-state index contributed by atoms with van der Waals surface area (Å²) in [6.45, 7) is 4.94. The van der Waals surface area contributed by atoms with E-state index in [0.717, 1.165) is 29.8 Å². The zero-order valence-electron chi connectivity index (χ0n) is 11.3. The minimum Gasteiger partial charge on any atom is -0.342 e. The molecule has 0 aliphatic carbocycles. The number of hydrogen-bond donors (Lipinski definition) is 3. The maximum Gasteiger partial charge on any atom is 0.104 e. The van der Waals surface area contributed by atoms with E-state index < -0.39 is 0 Å². The van der Waals surface area contributed by atoms with Gasteiger partial charge in [-0.15, -0.1) is 0 Å². The predicted molar refractivity (Wildman–Crippen MR) is 75.5 cm³/mol. The summed E-state index contributed by atoms with van der Waals surface area (Å²) in [6, 6.07) is 6.75. The molecule has 2 atom stereocenters. The van der Waals surface area contributed by atoms with E-state index in [1.165, 1.54) is 5.56 Å². The van der Waals surface area contributed by atoms with Crippen LogP contribution in [0.25, 0.3) is 11.0 Å². The summed E-state index contributed by atoms with van der Waals surface area (Å²) in [5.41, 5.74) is 9.06. The summed E-state index contributed by atoms with van der Waals surface area (Å²) >= 11 is 0. The highest BCUT2D eigenvalue weighted by atomic mass is 14.9. The molecule has 4 heteroatoms. The van der Waals surface area contributed by atoms with E-state index in [2.05, 4.69) is 40.4 Å². The molecule has 0 spiro atoms. The molecule has 0 saturated heterocycles. The zero-order valence-corrected chi connectivity index (χ0v) is 11.3. The van der Waals surface area contributed by atoms with Gasteiger partial charge in [0.05, 0.1) is 11.0 Å². The number of aryl methyl sites for hydroxylation is 1. The second-order valence-electron chi connectivity index (χ2n) is 4.92. The maximum atomic E-state index is 5.65. The van der Waals surface area contributed by atoms with Gasteiger partial charge in [-0.25, -0.2) is 4.98 Å². The van der Waals surface area contributed by atoms with Crippen molar-refractivity contribution in [3.8, 4) is 0 Å². The van der Waals surface area contributed by atoms with Gasteiger partial charge in [-0.1, -0.05) is 13.0 Å².